The maximum atomic E-state index is 4.39. The molecule has 0 aliphatic rings. The predicted molar refractivity (Wildman–Crippen MR) is 70.9 cm³/mol. The van der Waals surface area contributed by atoms with Crippen molar-refractivity contribution in [1.82, 2.24) is 4.98 Å². The van der Waals surface area contributed by atoms with E-state index in [9.17, 15) is 0 Å². The summed E-state index contributed by atoms with van der Waals surface area (Å²) < 4.78 is 0. The zero-order valence-corrected chi connectivity index (χ0v) is 10.4. The number of nitrogens with one attached hydrogen (secondary N) is 1. The molecular weight excluding hydrogens is 216 g/mol. The Hall–Kier alpha value is -1.35. The average molecular weight is 232 g/mol. The Balaban J connectivity index is 2.14. The van der Waals surface area contributed by atoms with Gasteiger partial charge in [-0.05, 0) is 18.9 Å². The van der Waals surface area contributed by atoms with E-state index >= 15 is 0 Å². The zero-order valence-electron chi connectivity index (χ0n) is 9.60. The highest BCUT2D eigenvalue weighted by molar-refractivity contribution is 7.18. The normalized spacial score (nSPS) is 12.4. The minimum atomic E-state index is 0.481. The number of hydrogen-bond donors (Lipinski definition) is 1. The van der Waals surface area contributed by atoms with Crippen LogP contribution >= 0.6 is 11.3 Å². The number of thiazole rings is 1. The van der Waals surface area contributed by atoms with Crippen molar-refractivity contribution in [3.05, 3.63) is 36.5 Å². The van der Waals surface area contributed by atoms with E-state index in [1.54, 1.807) is 11.3 Å². The molecule has 2 nitrogen and oxygen atoms in total. The summed E-state index contributed by atoms with van der Waals surface area (Å²) in [6, 6.07) is 10.8. The molecule has 0 spiro atoms. The highest BCUT2D eigenvalue weighted by Gasteiger charge is 2.05. The minimum absolute atomic E-state index is 0.481. The van der Waals surface area contributed by atoms with E-state index in [-0.39, 0.29) is 0 Å². The molecule has 84 valence electrons. The molecule has 0 aliphatic carbocycles. The Bertz CT molecular complexity index is 436. The van der Waals surface area contributed by atoms with Crippen molar-refractivity contribution in [1.29, 1.82) is 0 Å². The number of nitrogens with zero attached hydrogens (tertiary/aromatic N) is 1. The molecule has 16 heavy (non-hydrogen) atoms. The average Bonchev–Trinajstić information content (AvgIpc) is 2.78. The van der Waals surface area contributed by atoms with Gasteiger partial charge in [0, 0.05) is 12.2 Å². The first kappa shape index (κ1) is 11.1. The van der Waals surface area contributed by atoms with Crippen molar-refractivity contribution < 1.29 is 0 Å². The van der Waals surface area contributed by atoms with Gasteiger partial charge in [0.05, 0.1) is 4.88 Å². The molecule has 0 saturated carbocycles. The van der Waals surface area contributed by atoms with Crippen LogP contribution in [0.2, 0.25) is 0 Å². The van der Waals surface area contributed by atoms with Gasteiger partial charge in [-0.25, -0.2) is 4.98 Å². The lowest BCUT2D eigenvalue weighted by atomic mass is 10.2. The summed E-state index contributed by atoms with van der Waals surface area (Å²) >= 11 is 1.71. The smallest absolute Gasteiger partial charge is 0.183 e. The molecule has 1 atom stereocenters. The summed E-state index contributed by atoms with van der Waals surface area (Å²) in [7, 11) is 0. The molecule has 2 rings (SSSR count). The zero-order chi connectivity index (χ0) is 11.4. The second-order valence-corrected chi connectivity index (χ2v) is 4.88. The molecular formula is C13H16N2S. The van der Waals surface area contributed by atoms with Crippen LogP contribution in [0.5, 0.6) is 0 Å². The van der Waals surface area contributed by atoms with Crippen molar-refractivity contribution in [3.63, 3.8) is 0 Å². The molecule has 1 unspecified atom stereocenters. The van der Waals surface area contributed by atoms with Crippen molar-refractivity contribution in [2.24, 2.45) is 0 Å². The summed E-state index contributed by atoms with van der Waals surface area (Å²) in [6.45, 7) is 4.34. The fourth-order valence-electron chi connectivity index (χ4n) is 1.39. The van der Waals surface area contributed by atoms with Crippen LogP contribution in [0.3, 0.4) is 0 Å². The predicted octanol–water partition coefficient (Wildman–Crippen LogP) is 4.02. The molecule has 1 aromatic carbocycles. The molecule has 1 heterocycles. The Labute approximate surface area is 100 Å². The van der Waals surface area contributed by atoms with E-state index in [0.717, 1.165) is 11.6 Å². The SMILES string of the molecule is CCC(C)Nc1ncc(-c2ccccc2)s1. The molecule has 0 aliphatic heterocycles. The van der Waals surface area contributed by atoms with Crippen LogP contribution in [0.4, 0.5) is 5.13 Å². The molecule has 1 N–H and O–H groups in total. The van der Waals surface area contributed by atoms with Gasteiger partial charge in [0.25, 0.3) is 0 Å². The van der Waals surface area contributed by atoms with Gasteiger partial charge in [-0.1, -0.05) is 48.6 Å². The van der Waals surface area contributed by atoms with Crippen LogP contribution in [0.25, 0.3) is 10.4 Å². The van der Waals surface area contributed by atoms with E-state index in [0.29, 0.717) is 6.04 Å². The van der Waals surface area contributed by atoms with Gasteiger partial charge in [0.15, 0.2) is 5.13 Å². The first-order valence-electron chi connectivity index (χ1n) is 5.57. The van der Waals surface area contributed by atoms with Gasteiger partial charge >= 0.3 is 0 Å². The molecule has 0 saturated heterocycles. The minimum Gasteiger partial charge on any atom is -0.359 e. The maximum Gasteiger partial charge on any atom is 0.183 e. The van der Waals surface area contributed by atoms with Crippen LogP contribution in [0.15, 0.2) is 36.5 Å². The Morgan fingerprint density at radius 2 is 2.06 bits per heavy atom. The standard InChI is InChI=1S/C13H16N2S/c1-3-10(2)15-13-14-9-12(16-13)11-7-5-4-6-8-11/h4-10H,3H2,1-2H3,(H,14,15). The van der Waals surface area contributed by atoms with Gasteiger partial charge in [0.2, 0.25) is 0 Å². The van der Waals surface area contributed by atoms with E-state index in [2.05, 4.69) is 48.4 Å². The summed E-state index contributed by atoms with van der Waals surface area (Å²) in [4.78, 5) is 5.60. The second-order valence-electron chi connectivity index (χ2n) is 3.85. The topological polar surface area (TPSA) is 24.9 Å². The lowest BCUT2D eigenvalue weighted by molar-refractivity contribution is 0.763. The van der Waals surface area contributed by atoms with Crippen molar-refractivity contribution in [2.45, 2.75) is 26.3 Å². The lowest BCUT2D eigenvalue weighted by Crippen LogP contribution is -2.12. The summed E-state index contributed by atoms with van der Waals surface area (Å²) in [5, 5.41) is 4.40. The molecule has 2 aromatic rings. The van der Waals surface area contributed by atoms with E-state index < -0.39 is 0 Å². The van der Waals surface area contributed by atoms with Crippen LogP contribution in [0.1, 0.15) is 20.3 Å². The largest absolute Gasteiger partial charge is 0.359 e. The summed E-state index contributed by atoms with van der Waals surface area (Å²) in [5.74, 6) is 0. The third-order valence-electron chi connectivity index (χ3n) is 2.55. The van der Waals surface area contributed by atoms with Crippen molar-refractivity contribution >= 4 is 16.5 Å². The van der Waals surface area contributed by atoms with Gasteiger partial charge in [0.1, 0.15) is 0 Å². The number of benzene rings is 1. The van der Waals surface area contributed by atoms with Gasteiger partial charge in [-0.15, -0.1) is 0 Å². The molecule has 0 amide bonds. The molecule has 1 aromatic heterocycles. The highest BCUT2D eigenvalue weighted by Crippen LogP contribution is 2.28. The Morgan fingerprint density at radius 3 is 2.75 bits per heavy atom. The van der Waals surface area contributed by atoms with Gasteiger partial charge in [-0.2, -0.15) is 0 Å². The molecule has 0 fully saturated rings. The number of rotatable bonds is 4. The van der Waals surface area contributed by atoms with Crippen LogP contribution in [-0.4, -0.2) is 11.0 Å². The quantitative estimate of drug-likeness (QED) is 0.861. The summed E-state index contributed by atoms with van der Waals surface area (Å²) in [6.07, 6.45) is 3.05. The number of aromatic nitrogens is 1. The first-order valence-corrected chi connectivity index (χ1v) is 6.39. The van der Waals surface area contributed by atoms with Crippen LogP contribution in [0, 0.1) is 0 Å². The van der Waals surface area contributed by atoms with Crippen LogP contribution < -0.4 is 5.32 Å². The maximum absolute atomic E-state index is 4.39. The summed E-state index contributed by atoms with van der Waals surface area (Å²) in [5.41, 5.74) is 1.23. The lowest BCUT2D eigenvalue weighted by Gasteiger charge is -2.08. The number of anilines is 1. The van der Waals surface area contributed by atoms with E-state index in [1.165, 1.54) is 10.4 Å². The Kier molecular flexibility index (Phi) is 3.57. The van der Waals surface area contributed by atoms with E-state index in [1.807, 2.05) is 12.3 Å². The Morgan fingerprint density at radius 1 is 1.31 bits per heavy atom. The van der Waals surface area contributed by atoms with E-state index in [4.69, 9.17) is 0 Å². The molecule has 3 heteroatoms. The van der Waals surface area contributed by atoms with Crippen molar-refractivity contribution in [2.75, 3.05) is 5.32 Å². The van der Waals surface area contributed by atoms with Gasteiger partial charge < -0.3 is 5.32 Å². The van der Waals surface area contributed by atoms with Crippen molar-refractivity contribution in [3.8, 4) is 10.4 Å². The highest BCUT2D eigenvalue weighted by atomic mass is 32.1. The van der Waals surface area contributed by atoms with Gasteiger partial charge in [-0.3, -0.25) is 0 Å². The monoisotopic (exact) mass is 232 g/mol. The second kappa shape index (κ2) is 5.12. The molecule has 0 bridgehead atoms. The third kappa shape index (κ3) is 2.61. The fourth-order valence-corrected chi connectivity index (χ4v) is 2.32. The number of hydrogen-bond acceptors (Lipinski definition) is 3. The fraction of sp³-hybridized carbons (Fsp3) is 0.308. The first-order chi connectivity index (χ1) is 7.79. The molecule has 0 radical (unpaired) electrons. The third-order valence-corrected chi connectivity index (χ3v) is 3.52. The van der Waals surface area contributed by atoms with Crippen LogP contribution in [-0.2, 0) is 0 Å².